The summed E-state index contributed by atoms with van der Waals surface area (Å²) < 4.78 is 1.47. The zero-order chi connectivity index (χ0) is 17.9. The first kappa shape index (κ1) is 19.1. The lowest BCUT2D eigenvalue weighted by atomic mass is 10.2. The van der Waals surface area contributed by atoms with Gasteiger partial charge in [0.1, 0.15) is 0 Å². The summed E-state index contributed by atoms with van der Waals surface area (Å²) in [6, 6.07) is 9.66. The smallest absolute Gasteiger partial charge is 0.337 e. The molecule has 0 atom stereocenters. The van der Waals surface area contributed by atoms with Crippen LogP contribution in [0.15, 0.2) is 40.9 Å². The van der Waals surface area contributed by atoms with E-state index in [0.29, 0.717) is 9.50 Å². The SMILES string of the molecule is O=C(NC(=S)Nc1ccc(Br)cc1C(=O)O)c1cc(I)ccc1Cl. The highest BCUT2D eigenvalue weighted by Crippen LogP contribution is 2.22. The first-order chi connectivity index (χ1) is 11.3. The monoisotopic (exact) mass is 538 g/mol. The van der Waals surface area contributed by atoms with Gasteiger partial charge in [-0.2, -0.15) is 0 Å². The van der Waals surface area contributed by atoms with E-state index in [1.54, 1.807) is 30.3 Å². The number of carbonyl (C=O) groups excluding carboxylic acids is 1. The minimum atomic E-state index is -1.12. The summed E-state index contributed by atoms with van der Waals surface area (Å²) in [4.78, 5) is 23.5. The van der Waals surface area contributed by atoms with Crippen molar-refractivity contribution in [3.8, 4) is 0 Å². The predicted octanol–water partition coefficient (Wildman–Crippen LogP) is 4.53. The molecule has 0 fully saturated rings. The topological polar surface area (TPSA) is 78.4 Å². The van der Waals surface area contributed by atoms with Gasteiger partial charge in [0, 0.05) is 8.04 Å². The highest BCUT2D eigenvalue weighted by atomic mass is 127. The fraction of sp³-hybridized carbons (Fsp3) is 0. The summed E-state index contributed by atoms with van der Waals surface area (Å²) in [6.07, 6.45) is 0. The van der Waals surface area contributed by atoms with Crippen LogP contribution in [0.4, 0.5) is 5.69 Å². The van der Waals surface area contributed by atoms with E-state index >= 15 is 0 Å². The second-order valence-electron chi connectivity index (χ2n) is 4.53. The number of hydrogen-bond acceptors (Lipinski definition) is 3. The van der Waals surface area contributed by atoms with E-state index in [1.165, 1.54) is 6.07 Å². The molecule has 0 radical (unpaired) electrons. The average molecular weight is 540 g/mol. The number of anilines is 1. The van der Waals surface area contributed by atoms with Crippen LogP contribution in [0.5, 0.6) is 0 Å². The average Bonchev–Trinajstić information content (AvgIpc) is 2.51. The molecule has 0 bridgehead atoms. The van der Waals surface area contributed by atoms with Crippen molar-refractivity contribution in [1.82, 2.24) is 5.32 Å². The lowest BCUT2D eigenvalue weighted by molar-refractivity contribution is 0.0697. The van der Waals surface area contributed by atoms with E-state index in [1.807, 2.05) is 0 Å². The Bertz CT molecular complexity index is 847. The van der Waals surface area contributed by atoms with Gasteiger partial charge in [-0.05, 0) is 71.2 Å². The van der Waals surface area contributed by atoms with Crippen LogP contribution in [0.1, 0.15) is 20.7 Å². The molecule has 24 heavy (non-hydrogen) atoms. The van der Waals surface area contributed by atoms with Gasteiger partial charge in [-0.3, -0.25) is 10.1 Å². The standard InChI is InChI=1S/C15H9BrClIN2O3S/c16-7-1-4-12(10(5-7)14(22)23)19-15(24)20-13(21)9-6-8(18)2-3-11(9)17/h1-6H,(H,22,23)(H2,19,20,21,24). The number of carbonyl (C=O) groups is 2. The molecule has 0 saturated carbocycles. The Morgan fingerprint density at radius 3 is 2.54 bits per heavy atom. The van der Waals surface area contributed by atoms with E-state index in [-0.39, 0.29) is 21.9 Å². The Morgan fingerprint density at radius 2 is 1.88 bits per heavy atom. The summed E-state index contributed by atoms with van der Waals surface area (Å²) in [5.74, 6) is -1.60. The number of hydrogen-bond donors (Lipinski definition) is 3. The maximum absolute atomic E-state index is 12.2. The third-order valence-corrected chi connectivity index (χ3v) is 4.56. The summed E-state index contributed by atoms with van der Waals surface area (Å²) in [5, 5.41) is 14.7. The number of amides is 1. The lowest BCUT2D eigenvalue weighted by Crippen LogP contribution is -2.34. The Hall–Kier alpha value is -1.23. The molecular weight excluding hydrogens is 531 g/mol. The molecule has 0 heterocycles. The lowest BCUT2D eigenvalue weighted by Gasteiger charge is -2.12. The van der Waals surface area contributed by atoms with Crippen molar-refractivity contribution in [3.05, 3.63) is 60.6 Å². The van der Waals surface area contributed by atoms with Crippen LogP contribution in [0.2, 0.25) is 5.02 Å². The van der Waals surface area contributed by atoms with Gasteiger partial charge >= 0.3 is 5.97 Å². The van der Waals surface area contributed by atoms with Crippen LogP contribution >= 0.6 is 62.3 Å². The van der Waals surface area contributed by atoms with Gasteiger partial charge in [0.05, 0.1) is 21.8 Å². The van der Waals surface area contributed by atoms with Crippen molar-refractivity contribution in [2.75, 3.05) is 5.32 Å². The molecule has 3 N–H and O–H groups in total. The molecule has 0 aromatic heterocycles. The van der Waals surface area contributed by atoms with Gasteiger partial charge in [0.2, 0.25) is 0 Å². The van der Waals surface area contributed by atoms with E-state index in [9.17, 15) is 14.7 Å². The molecule has 0 aliphatic carbocycles. The second kappa shape index (κ2) is 8.24. The van der Waals surface area contributed by atoms with E-state index < -0.39 is 11.9 Å². The van der Waals surface area contributed by atoms with Crippen LogP contribution in [-0.2, 0) is 0 Å². The molecule has 0 spiro atoms. The molecular formula is C15H9BrClIN2O3S. The Kier molecular flexibility index (Phi) is 6.55. The zero-order valence-electron chi connectivity index (χ0n) is 11.8. The van der Waals surface area contributed by atoms with E-state index in [4.69, 9.17) is 23.8 Å². The van der Waals surface area contributed by atoms with Crippen molar-refractivity contribution in [2.24, 2.45) is 0 Å². The van der Waals surface area contributed by atoms with Gasteiger partial charge in [-0.15, -0.1) is 0 Å². The van der Waals surface area contributed by atoms with Crippen LogP contribution in [0, 0.1) is 3.57 Å². The van der Waals surface area contributed by atoms with Crippen LogP contribution in [0.25, 0.3) is 0 Å². The van der Waals surface area contributed by atoms with Gasteiger partial charge in [0.15, 0.2) is 5.11 Å². The highest BCUT2D eigenvalue weighted by molar-refractivity contribution is 14.1. The predicted molar refractivity (Wildman–Crippen MR) is 109 cm³/mol. The van der Waals surface area contributed by atoms with Crippen molar-refractivity contribution >= 4 is 85.0 Å². The molecule has 2 rings (SSSR count). The zero-order valence-corrected chi connectivity index (χ0v) is 17.1. The maximum Gasteiger partial charge on any atom is 0.337 e. The Morgan fingerprint density at radius 1 is 1.17 bits per heavy atom. The molecule has 0 unspecified atom stereocenters. The number of halogens is 3. The Labute approximate surface area is 170 Å². The number of carboxylic acids is 1. The van der Waals surface area contributed by atoms with Crippen molar-refractivity contribution in [3.63, 3.8) is 0 Å². The van der Waals surface area contributed by atoms with E-state index in [0.717, 1.165) is 3.57 Å². The van der Waals surface area contributed by atoms with Crippen molar-refractivity contribution in [1.29, 1.82) is 0 Å². The van der Waals surface area contributed by atoms with Gasteiger partial charge in [-0.25, -0.2) is 4.79 Å². The molecule has 0 aliphatic rings. The van der Waals surface area contributed by atoms with Crippen LogP contribution < -0.4 is 10.6 Å². The third-order valence-electron chi connectivity index (χ3n) is 2.86. The minimum absolute atomic E-state index is 0.0215. The first-order valence-corrected chi connectivity index (χ1v) is 9.04. The number of benzene rings is 2. The molecule has 5 nitrogen and oxygen atoms in total. The van der Waals surface area contributed by atoms with Gasteiger partial charge in [0.25, 0.3) is 5.91 Å². The Balaban J connectivity index is 2.15. The number of carboxylic acid groups (broad SMARTS) is 1. The molecule has 2 aromatic carbocycles. The molecule has 9 heteroatoms. The number of rotatable bonds is 3. The highest BCUT2D eigenvalue weighted by Gasteiger charge is 2.15. The molecule has 0 saturated heterocycles. The van der Waals surface area contributed by atoms with Crippen molar-refractivity contribution < 1.29 is 14.7 Å². The number of thiocarbonyl (C=S) groups is 1. The van der Waals surface area contributed by atoms with Crippen LogP contribution in [0.3, 0.4) is 0 Å². The minimum Gasteiger partial charge on any atom is -0.478 e. The first-order valence-electron chi connectivity index (χ1n) is 6.38. The fourth-order valence-electron chi connectivity index (χ4n) is 1.80. The van der Waals surface area contributed by atoms with Gasteiger partial charge in [-0.1, -0.05) is 27.5 Å². The van der Waals surface area contributed by atoms with E-state index in [2.05, 4.69) is 49.2 Å². The summed E-state index contributed by atoms with van der Waals surface area (Å²) in [6.45, 7) is 0. The van der Waals surface area contributed by atoms with Crippen molar-refractivity contribution in [2.45, 2.75) is 0 Å². The number of aromatic carboxylic acids is 1. The molecule has 2 aromatic rings. The fourth-order valence-corrected chi connectivity index (χ4v) is 3.06. The van der Waals surface area contributed by atoms with Crippen LogP contribution in [-0.4, -0.2) is 22.1 Å². The summed E-state index contributed by atoms with van der Waals surface area (Å²) in [5.41, 5.74) is 0.569. The maximum atomic E-state index is 12.2. The largest absolute Gasteiger partial charge is 0.478 e. The summed E-state index contributed by atoms with van der Waals surface area (Å²) >= 11 is 16.4. The normalized spacial score (nSPS) is 10.1. The quantitative estimate of drug-likeness (QED) is 0.395. The second-order valence-corrected chi connectivity index (χ2v) is 7.50. The van der Waals surface area contributed by atoms with Gasteiger partial charge < -0.3 is 10.4 Å². The summed E-state index contributed by atoms with van der Waals surface area (Å²) in [7, 11) is 0. The molecule has 124 valence electrons. The molecule has 0 aliphatic heterocycles. The number of nitrogens with one attached hydrogen (secondary N) is 2. The molecule has 1 amide bonds. The third kappa shape index (κ3) is 4.88.